The molecule has 0 saturated carbocycles. The van der Waals surface area contributed by atoms with Crippen LogP contribution in [0.25, 0.3) is 0 Å². The maximum Gasteiger partial charge on any atom is 0.123 e. The molecule has 96 valence electrons. The number of ether oxygens (including phenoxy) is 1. The van der Waals surface area contributed by atoms with E-state index < -0.39 is 0 Å². The largest absolute Gasteiger partial charge is 0.492 e. The predicted molar refractivity (Wildman–Crippen MR) is 65.8 cm³/mol. The third kappa shape index (κ3) is 4.71. The lowest BCUT2D eigenvalue weighted by atomic mass is 10.2. The first-order chi connectivity index (χ1) is 8.02. The van der Waals surface area contributed by atoms with Crippen LogP contribution in [0, 0.1) is 12.7 Å². The summed E-state index contributed by atoms with van der Waals surface area (Å²) < 4.78 is 18.4. The Morgan fingerprint density at radius 1 is 1.41 bits per heavy atom. The van der Waals surface area contributed by atoms with Crippen molar-refractivity contribution in [3.8, 4) is 5.75 Å². The SMILES string of the molecule is Cc1cc(F)ccc1OCC(CO)NC(C)C. The molecule has 4 heteroatoms. The highest BCUT2D eigenvalue weighted by atomic mass is 19.1. The Hall–Kier alpha value is -1.13. The molecule has 1 aromatic carbocycles. The fourth-order valence-electron chi connectivity index (χ4n) is 1.59. The summed E-state index contributed by atoms with van der Waals surface area (Å²) >= 11 is 0. The molecular formula is C13H20FNO2. The molecule has 17 heavy (non-hydrogen) atoms. The van der Waals surface area contributed by atoms with Gasteiger partial charge in [0, 0.05) is 6.04 Å². The van der Waals surface area contributed by atoms with E-state index in [1.165, 1.54) is 12.1 Å². The van der Waals surface area contributed by atoms with Crippen LogP contribution in [0.5, 0.6) is 5.75 Å². The van der Waals surface area contributed by atoms with Gasteiger partial charge in [-0.25, -0.2) is 4.39 Å². The van der Waals surface area contributed by atoms with Gasteiger partial charge in [-0.3, -0.25) is 0 Å². The second-order valence-electron chi connectivity index (χ2n) is 4.42. The molecule has 2 N–H and O–H groups in total. The van der Waals surface area contributed by atoms with Crippen LogP contribution in [0.3, 0.4) is 0 Å². The fourth-order valence-corrected chi connectivity index (χ4v) is 1.59. The minimum absolute atomic E-state index is 0.0123. The van der Waals surface area contributed by atoms with Gasteiger partial charge in [0.05, 0.1) is 12.6 Å². The molecule has 0 aliphatic heterocycles. The molecule has 1 rings (SSSR count). The second-order valence-corrected chi connectivity index (χ2v) is 4.42. The summed E-state index contributed by atoms with van der Waals surface area (Å²) in [4.78, 5) is 0. The van der Waals surface area contributed by atoms with Crippen LogP contribution < -0.4 is 10.1 Å². The number of aliphatic hydroxyl groups excluding tert-OH is 1. The summed E-state index contributed by atoms with van der Waals surface area (Å²) in [6.07, 6.45) is 0. The Bertz CT molecular complexity index is 355. The molecule has 0 aromatic heterocycles. The summed E-state index contributed by atoms with van der Waals surface area (Å²) in [5, 5.41) is 12.3. The van der Waals surface area contributed by atoms with Crippen LogP contribution in [0.2, 0.25) is 0 Å². The lowest BCUT2D eigenvalue weighted by molar-refractivity contribution is 0.176. The molecular weight excluding hydrogens is 221 g/mol. The molecule has 1 atom stereocenters. The van der Waals surface area contributed by atoms with E-state index in [0.29, 0.717) is 12.4 Å². The highest BCUT2D eigenvalue weighted by molar-refractivity contribution is 5.32. The highest BCUT2D eigenvalue weighted by Crippen LogP contribution is 2.18. The molecule has 0 spiro atoms. The average molecular weight is 241 g/mol. The number of nitrogens with one attached hydrogen (secondary N) is 1. The first-order valence-corrected chi connectivity index (χ1v) is 5.78. The Morgan fingerprint density at radius 2 is 2.12 bits per heavy atom. The van der Waals surface area contributed by atoms with Gasteiger partial charge >= 0.3 is 0 Å². The smallest absolute Gasteiger partial charge is 0.123 e. The standard InChI is InChI=1S/C13H20FNO2/c1-9(2)15-12(7-16)8-17-13-5-4-11(14)6-10(13)3/h4-6,9,12,15-16H,7-8H2,1-3H3. The first-order valence-electron chi connectivity index (χ1n) is 5.78. The van der Waals surface area contributed by atoms with Crippen molar-refractivity contribution in [2.24, 2.45) is 0 Å². The van der Waals surface area contributed by atoms with Crippen molar-refractivity contribution >= 4 is 0 Å². The zero-order valence-electron chi connectivity index (χ0n) is 10.5. The van der Waals surface area contributed by atoms with Crippen LogP contribution in [0.4, 0.5) is 4.39 Å². The summed E-state index contributed by atoms with van der Waals surface area (Å²) in [6.45, 7) is 6.18. The molecule has 0 heterocycles. The van der Waals surface area contributed by atoms with Crippen molar-refractivity contribution in [1.82, 2.24) is 5.32 Å². The van der Waals surface area contributed by atoms with Crippen molar-refractivity contribution < 1.29 is 14.2 Å². The summed E-state index contributed by atoms with van der Waals surface area (Å²) in [7, 11) is 0. The molecule has 0 aliphatic rings. The normalized spacial score (nSPS) is 12.8. The summed E-state index contributed by atoms with van der Waals surface area (Å²) in [5.41, 5.74) is 0.756. The van der Waals surface area contributed by atoms with Crippen molar-refractivity contribution in [2.45, 2.75) is 32.9 Å². The quantitative estimate of drug-likeness (QED) is 0.799. The van der Waals surface area contributed by atoms with Gasteiger partial charge in [-0.2, -0.15) is 0 Å². The number of benzene rings is 1. The van der Waals surface area contributed by atoms with Gasteiger partial charge in [0.15, 0.2) is 0 Å². The Balaban J connectivity index is 2.53. The number of hydrogen-bond donors (Lipinski definition) is 2. The summed E-state index contributed by atoms with van der Waals surface area (Å²) in [5.74, 6) is 0.379. The number of aryl methyl sites for hydroxylation is 1. The zero-order valence-corrected chi connectivity index (χ0v) is 10.5. The Kier molecular flexibility index (Phi) is 5.38. The number of halogens is 1. The Morgan fingerprint density at radius 3 is 2.65 bits per heavy atom. The van der Waals surface area contributed by atoms with Crippen LogP contribution >= 0.6 is 0 Å². The number of aliphatic hydroxyl groups is 1. The van der Waals surface area contributed by atoms with Gasteiger partial charge in [-0.15, -0.1) is 0 Å². The van der Waals surface area contributed by atoms with Crippen LogP contribution in [-0.2, 0) is 0 Å². The average Bonchev–Trinajstić information content (AvgIpc) is 2.25. The molecule has 0 radical (unpaired) electrons. The first kappa shape index (κ1) is 13.9. The molecule has 0 saturated heterocycles. The third-order valence-electron chi connectivity index (χ3n) is 2.37. The molecule has 0 bridgehead atoms. The summed E-state index contributed by atoms with van der Waals surface area (Å²) in [6, 6.07) is 4.57. The fraction of sp³-hybridized carbons (Fsp3) is 0.538. The van der Waals surface area contributed by atoms with E-state index in [1.807, 2.05) is 13.8 Å². The van der Waals surface area contributed by atoms with Gasteiger partial charge < -0.3 is 15.2 Å². The molecule has 1 aromatic rings. The van der Waals surface area contributed by atoms with Gasteiger partial charge in [-0.1, -0.05) is 13.8 Å². The minimum atomic E-state index is -0.270. The van der Waals surface area contributed by atoms with E-state index in [1.54, 1.807) is 13.0 Å². The van der Waals surface area contributed by atoms with E-state index in [4.69, 9.17) is 9.84 Å². The highest BCUT2D eigenvalue weighted by Gasteiger charge is 2.10. The third-order valence-corrected chi connectivity index (χ3v) is 2.37. The molecule has 1 unspecified atom stereocenters. The van der Waals surface area contributed by atoms with E-state index in [2.05, 4.69) is 5.32 Å². The van der Waals surface area contributed by atoms with Gasteiger partial charge in [0.1, 0.15) is 18.2 Å². The van der Waals surface area contributed by atoms with E-state index in [9.17, 15) is 4.39 Å². The predicted octanol–water partition coefficient (Wildman–Crippen LogP) is 1.87. The van der Waals surface area contributed by atoms with E-state index in [-0.39, 0.29) is 24.5 Å². The van der Waals surface area contributed by atoms with Crippen molar-refractivity contribution in [1.29, 1.82) is 0 Å². The van der Waals surface area contributed by atoms with Gasteiger partial charge in [-0.05, 0) is 30.7 Å². The maximum absolute atomic E-state index is 12.9. The number of rotatable bonds is 6. The van der Waals surface area contributed by atoms with E-state index in [0.717, 1.165) is 5.56 Å². The maximum atomic E-state index is 12.9. The van der Waals surface area contributed by atoms with E-state index >= 15 is 0 Å². The molecule has 0 aliphatic carbocycles. The van der Waals surface area contributed by atoms with Crippen molar-refractivity contribution in [3.05, 3.63) is 29.6 Å². The van der Waals surface area contributed by atoms with Crippen molar-refractivity contribution in [3.63, 3.8) is 0 Å². The lowest BCUT2D eigenvalue weighted by Gasteiger charge is -2.20. The Labute approximate surface area is 102 Å². The molecule has 0 fully saturated rings. The van der Waals surface area contributed by atoms with Crippen LogP contribution in [-0.4, -0.2) is 30.4 Å². The molecule has 0 amide bonds. The van der Waals surface area contributed by atoms with Gasteiger partial charge in [0.2, 0.25) is 0 Å². The minimum Gasteiger partial charge on any atom is -0.492 e. The second kappa shape index (κ2) is 6.57. The monoisotopic (exact) mass is 241 g/mol. The lowest BCUT2D eigenvalue weighted by Crippen LogP contribution is -2.41. The van der Waals surface area contributed by atoms with Crippen molar-refractivity contribution in [2.75, 3.05) is 13.2 Å². The van der Waals surface area contributed by atoms with Crippen LogP contribution in [0.15, 0.2) is 18.2 Å². The van der Waals surface area contributed by atoms with Crippen LogP contribution in [0.1, 0.15) is 19.4 Å². The zero-order chi connectivity index (χ0) is 12.8. The molecule has 3 nitrogen and oxygen atoms in total. The van der Waals surface area contributed by atoms with Gasteiger partial charge in [0.25, 0.3) is 0 Å². The topological polar surface area (TPSA) is 41.5 Å². The number of hydrogen-bond acceptors (Lipinski definition) is 3.